The largest absolute Gasteiger partial charge is 0.377 e. The van der Waals surface area contributed by atoms with E-state index in [1.807, 2.05) is 30.3 Å². The normalized spacial score (nSPS) is 20.5. The number of aliphatic hydroxyl groups is 1. The van der Waals surface area contributed by atoms with Crippen LogP contribution in [0.5, 0.6) is 0 Å². The van der Waals surface area contributed by atoms with Gasteiger partial charge < -0.3 is 15.7 Å². The number of rotatable bonds is 3. The number of β-amino-alcohol motifs (C(OH)–C–C–N with tert-alkyl or cyclic N) is 1. The number of carbonyl (C=O) groups is 1. The Hall–Kier alpha value is -1.14. The molecular weight excluding hydrogens is 266 g/mol. The van der Waals surface area contributed by atoms with Crippen LogP contribution in [0.2, 0.25) is 0 Å². The first-order valence-electron chi connectivity index (χ1n) is 6.16. The Balaban J connectivity index is 0.00000180. The molecule has 2 rings (SSSR count). The van der Waals surface area contributed by atoms with E-state index < -0.39 is 6.23 Å². The second-order valence-electron chi connectivity index (χ2n) is 4.53. The number of nitrogens with one attached hydrogen (secondary N) is 1. The summed E-state index contributed by atoms with van der Waals surface area (Å²) in [7, 11) is 0. The Morgan fingerprint density at radius 1 is 1.47 bits per heavy atom. The highest BCUT2D eigenvalue weighted by molar-refractivity contribution is 5.85. The molecule has 19 heavy (non-hydrogen) atoms. The summed E-state index contributed by atoms with van der Waals surface area (Å²) >= 11 is 0. The summed E-state index contributed by atoms with van der Waals surface area (Å²) in [5.41, 5.74) is 6.97. The number of nitrogens with zero attached hydrogens (tertiary/aromatic N) is 1. The van der Waals surface area contributed by atoms with Gasteiger partial charge in [-0.05, 0) is 5.56 Å². The monoisotopic (exact) mass is 285 g/mol. The van der Waals surface area contributed by atoms with E-state index >= 15 is 0 Å². The zero-order valence-electron chi connectivity index (χ0n) is 10.7. The van der Waals surface area contributed by atoms with E-state index in [-0.39, 0.29) is 30.8 Å². The van der Waals surface area contributed by atoms with Crippen LogP contribution < -0.4 is 11.1 Å². The predicted molar refractivity (Wildman–Crippen MR) is 75.8 cm³/mol. The lowest BCUT2D eigenvalue weighted by Crippen LogP contribution is -2.52. The Morgan fingerprint density at radius 3 is 2.79 bits per heavy atom. The fourth-order valence-corrected chi connectivity index (χ4v) is 2.09. The Morgan fingerprint density at radius 2 is 2.16 bits per heavy atom. The lowest BCUT2D eigenvalue weighted by Gasteiger charge is -2.31. The van der Waals surface area contributed by atoms with Crippen LogP contribution in [0.1, 0.15) is 18.0 Å². The molecule has 1 fully saturated rings. The molecule has 0 aliphatic carbocycles. The number of benzene rings is 1. The number of aliphatic hydroxyl groups excluding tert-OH is 1. The van der Waals surface area contributed by atoms with Gasteiger partial charge in [0.25, 0.3) is 0 Å². The van der Waals surface area contributed by atoms with Gasteiger partial charge in [-0.25, -0.2) is 0 Å². The first-order valence-corrected chi connectivity index (χ1v) is 6.16. The molecule has 106 valence electrons. The first-order chi connectivity index (χ1) is 8.66. The van der Waals surface area contributed by atoms with E-state index in [1.165, 1.54) is 0 Å². The fraction of sp³-hybridized carbons (Fsp3) is 0.462. The number of hydrogen-bond donors (Lipinski definition) is 3. The van der Waals surface area contributed by atoms with Crippen molar-refractivity contribution in [3.05, 3.63) is 35.9 Å². The number of carbonyl (C=O) groups excluding carboxylic acids is 1. The van der Waals surface area contributed by atoms with Gasteiger partial charge in [0.2, 0.25) is 5.91 Å². The highest BCUT2D eigenvalue weighted by atomic mass is 35.5. The van der Waals surface area contributed by atoms with Crippen LogP contribution >= 0.6 is 12.4 Å². The van der Waals surface area contributed by atoms with Crippen LogP contribution in [0.25, 0.3) is 0 Å². The summed E-state index contributed by atoms with van der Waals surface area (Å²) in [6.45, 7) is 1.57. The van der Waals surface area contributed by atoms with Crippen molar-refractivity contribution in [1.82, 2.24) is 10.2 Å². The summed E-state index contributed by atoms with van der Waals surface area (Å²) in [6.07, 6.45) is -0.354. The summed E-state index contributed by atoms with van der Waals surface area (Å²) in [5, 5.41) is 12.3. The molecule has 0 saturated carbocycles. The maximum absolute atomic E-state index is 12.0. The van der Waals surface area contributed by atoms with Crippen molar-refractivity contribution in [2.75, 3.05) is 19.6 Å². The molecule has 1 heterocycles. The average molecular weight is 286 g/mol. The topological polar surface area (TPSA) is 78.6 Å². The number of amides is 1. The Kier molecular flexibility index (Phi) is 6.24. The van der Waals surface area contributed by atoms with Crippen LogP contribution in [0, 0.1) is 0 Å². The highest BCUT2D eigenvalue weighted by Crippen LogP contribution is 2.15. The maximum Gasteiger partial charge on any atom is 0.224 e. The van der Waals surface area contributed by atoms with Gasteiger partial charge in [-0.2, -0.15) is 0 Å². The van der Waals surface area contributed by atoms with Gasteiger partial charge in [0.1, 0.15) is 6.23 Å². The lowest BCUT2D eigenvalue weighted by atomic mass is 10.0. The van der Waals surface area contributed by atoms with Gasteiger partial charge in [0.15, 0.2) is 0 Å². The minimum absolute atomic E-state index is 0. The standard InChI is InChI=1S/C13H19N3O2.ClH/c14-11(10-4-2-1-3-5-10)8-13(18)16-7-6-15-12(17)9-16;/h1-5,11-12,15,17H,6-9,14H2;1H/t11-,12-;/m0./s1. The van der Waals surface area contributed by atoms with Crippen molar-refractivity contribution >= 4 is 18.3 Å². The highest BCUT2D eigenvalue weighted by Gasteiger charge is 2.23. The molecular formula is C13H20ClN3O2. The third-order valence-corrected chi connectivity index (χ3v) is 3.13. The van der Waals surface area contributed by atoms with Crippen molar-refractivity contribution in [2.45, 2.75) is 18.7 Å². The second kappa shape index (κ2) is 7.45. The lowest BCUT2D eigenvalue weighted by molar-refractivity contribution is -0.134. The smallest absolute Gasteiger partial charge is 0.224 e. The van der Waals surface area contributed by atoms with Crippen LogP contribution in [-0.2, 0) is 4.79 Å². The molecule has 0 bridgehead atoms. The van der Waals surface area contributed by atoms with Gasteiger partial charge in [-0.3, -0.25) is 10.1 Å². The minimum atomic E-state index is -0.629. The molecule has 1 aliphatic rings. The van der Waals surface area contributed by atoms with Crippen LogP contribution in [0.3, 0.4) is 0 Å². The van der Waals surface area contributed by atoms with Crippen molar-refractivity contribution < 1.29 is 9.90 Å². The van der Waals surface area contributed by atoms with E-state index in [1.54, 1.807) is 4.90 Å². The Labute approximate surface area is 119 Å². The molecule has 0 aromatic heterocycles. The SMILES string of the molecule is Cl.N[C@@H](CC(=O)N1CCN[C@@H](O)C1)c1ccccc1. The second-order valence-corrected chi connectivity index (χ2v) is 4.53. The van der Waals surface area contributed by atoms with Crippen molar-refractivity contribution in [3.63, 3.8) is 0 Å². The molecule has 5 nitrogen and oxygen atoms in total. The number of piperazine rings is 1. The van der Waals surface area contributed by atoms with Crippen molar-refractivity contribution in [2.24, 2.45) is 5.73 Å². The first kappa shape index (κ1) is 15.9. The molecule has 1 amide bonds. The van der Waals surface area contributed by atoms with E-state index in [9.17, 15) is 9.90 Å². The predicted octanol–water partition coefficient (Wildman–Crippen LogP) is 0.249. The van der Waals surface area contributed by atoms with Crippen molar-refractivity contribution in [1.29, 1.82) is 0 Å². The van der Waals surface area contributed by atoms with Gasteiger partial charge in [0, 0.05) is 25.6 Å². The number of nitrogens with two attached hydrogens (primary N) is 1. The van der Waals surface area contributed by atoms with Gasteiger partial charge >= 0.3 is 0 Å². The van der Waals surface area contributed by atoms with E-state index in [4.69, 9.17) is 5.73 Å². The molecule has 1 aliphatic heterocycles. The van der Waals surface area contributed by atoms with Crippen LogP contribution in [0.4, 0.5) is 0 Å². The molecule has 6 heteroatoms. The van der Waals surface area contributed by atoms with Gasteiger partial charge in [-0.15, -0.1) is 12.4 Å². The van der Waals surface area contributed by atoms with Crippen molar-refractivity contribution in [3.8, 4) is 0 Å². The van der Waals surface area contributed by atoms with E-state index in [2.05, 4.69) is 5.32 Å². The fourth-order valence-electron chi connectivity index (χ4n) is 2.09. The third kappa shape index (κ3) is 4.47. The maximum atomic E-state index is 12.0. The molecule has 1 saturated heterocycles. The average Bonchev–Trinajstić information content (AvgIpc) is 2.39. The minimum Gasteiger partial charge on any atom is -0.377 e. The summed E-state index contributed by atoms with van der Waals surface area (Å²) in [5.74, 6) is -0.00750. The molecule has 0 radical (unpaired) electrons. The third-order valence-electron chi connectivity index (χ3n) is 3.13. The van der Waals surface area contributed by atoms with E-state index in [0.717, 1.165) is 5.56 Å². The molecule has 0 unspecified atom stereocenters. The number of halogens is 1. The Bertz CT molecular complexity index is 402. The zero-order valence-corrected chi connectivity index (χ0v) is 11.5. The van der Waals surface area contributed by atoms with Gasteiger partial charge in [0.05, 0.1) is 6.54 Å². The summed E-state index contributed by atoms with van der Waals surface area (Å²) in [6, 6.07) is 9.30. The summed E-state index contributed by atoms with van der Waals surface area (Å²) < 4.78 is 0. The molecule has 2 atom stereocenters. The molecule has 1 aromatic carbocycles. The van der Waals surface area contributed by atoms with E-state index in [0.29, 0.717) is 19.6 Å². The quantitative estimate of drug-likeness (QED) is 0.744. The van der Waals surface area contributed by atoms with Crippen LogP contribution in [-0.4, -0.2) is 41.8 Å². The number of hydrogen-bond acceptors (Lipinski definition) is 4. The summed E-state index contributed by atoms with van der Waals surface area (Å²) in [4.78, 5) is 13.7. The molecule has 1 aromatic rings. The van der Waals surface area contributed by atoms with Gasteiger partial charge in [-0.1, -0.05) is 30.3 Å². The molecule has 4 N–H and O–H groups in total. The zero-order chi connectivity index (χ0) is 13.0. The molecule has 0 spiro atoms. The van der Waals surface area contributed by atoms with Crippen LogP contribution in [0.15, 0.2) is 30.3 Å².